The first kappa shape index (κ1) is 16.2. The van der Waals surface area contributed by atoms with Crippen molar-refractivity contribution in [3.05, 3.63) is 48.5 Å². The van der Waals surface area contributed by atoms with E-state index >= 15 is 0 Å². The quantitative estimate of drug-likeness (QED) is 0.552. The Morgan fingerprint density at radius 1 is 0.950 bits per heavy atom. The highest BCUT2D eigenvalue weighted by molar-refractivity contribution is 8.03. The van der Waals surface area contributed by atoms with Crippen molar-refractivity contribution in [1.29, 1.82) is 0 Å². The van der Waals surface area contributed by atoms with Gasteiger partial charge in [-0.25, -0.2) is 0 Å². The Hall–Kier alpha value is -0.170. The molecule has 0 aromatic heterocycles. The fourth-order valence-corrected chi connectivity index (χ4v) is 6.16. The Kier molecular flexibility index (Phi) is 5.84. The summed E-state index contributed by atoms with van der Waals surface area (Å²) in [7, 11) is 2.25. The number of halogens is 1. The molecule has 0 spiro atoms. The van der Waals surface area contributed by atoms with E-state index in [4.69, 9.17) is 0 Å². The molecule has 0 saturated carbocycles. The van der Waals surface area contributed by atoms with Crippen LogP contribution >= 0.6 is 11.8 Å². The van der Waals surface area contributed by atoms with E-state index in [2.05, 4.69) is 66.8 Å². The molecular weight excluding hydrogens is 397 g/mol. The molecule has 0 atom stereocenters. The summed E-state index contributed by atoms with van der Waals surface area (Å²) in [6.45, 7) is 3.38. The van der Waals surface area contributed by atoms with Crippen molar-refractivity contribution in [2.45, 2.75) is 32.9 Å². The van der Waals surface area contributed by atoms with E-state index in [9.17, 15) is 0 Å². The highest BCUT2D eigenvalue weighted by atomic mass is 127. The molecule has 0 unspecified atom stereocenters. The van der Waals surface area contributed by atoms with E-state index in [0.29, 0.717) is 0 Å². The maximum absolute atomic E-state index is 2.50. The molecule has 4 heteroatoms. The summed E-state index contributed by atoms with van der Waals surface area (Å²) in [5, 5.41) is 0. The molecule has 0 amide bonds. The van der Waals surface area contributed by atoms with Gasteiger partial charge in [0.1, 0.15) is 0 Å². The van der Waals surface area contributed by atoms with E-state index in [1.165, 1.54) is 26.0 Å². The lowest BCUT2D eigenvalue weighted by Crippen LogP contribution is -3.00. The van der Waals surface area contributed by atoms with Gasteiger partial charge in [0, 0.05) is 13.6 Å². The van der Waals surface area contributed by atoms with E-state index in [1.54, 1.807) is 0 Å². The molecule has 2 aromatic rings. The summed E-state index contributed by atoms with van der Waals surface area (Å²) in [6.07, 6.45) is 1.19. The number of hydrogen-bond donors (Lipinski definition) is 0. The smallest absolute Gasteiger partial charge is 0.196 e. The molecule has 1 aliphatic rings. The van der Waals surface area contributed by atoms with Crippen LogP contribution in [-0.4, -0.2) is 17.9 Å². The summed E-state index contributed by atoms with van der Waals surface area (Å²) in [5.74, 6) is 0. The van der Waals surface area contributed by atoms with Crippen LogP contribution in [0.3, 0.4) is 0 Å². The first-order valence-electron chi connectivity index (χ1n) is 6.62. The molecule has 3 rings (SSSR count). The zero-order valence-corrected chi connectivity index (χ0v) is 15.5. The Labute approximate surface area is 145 Å². The molecule has 0 radical (unpaired) electrons. The molecule has 0 N–H and O–H groups in total. The van der Waals surface area contributed by atoms with Crippen molar-refractivity contribution in [1.82, 2.24) is 4.31 Å². The lowest BCUT2D eigenvalue weighted by molar-refractivity contribution is -0.00000383. The SMILES string of the molecule is CCCN(C)[S+]1c2ccccc2Sc2ccccc21.[I-]. The molecule has 1 heterocycles. The van der Waals surface area contributed by atoms with Gasteiger partial charge < -0.3 is 24.0 Å². The highest BCUT2D eigenvalue weighted by Gasteiger charge is 2.39. The normalized spacial score (nSPS) is 13.6. The van der Waals surface area contributed by atoms with Gasteiger partial charge in [-0.15, -0.1) is 4.31 Å². The van der Waals surface area contributed by atoms with Gasteiger partial charge >= 0.3 is 0 Å². The van der Waals surface area contributed by atoms with Crippen LogP contribution in [0.15, 0.2) is 68.1 Å². The van der Waals surface area contributed by atoms with Crippen molar-refractivity contribution in [2.75, 3.05) is 13.6 Å². The molecule has 1 nitrogen and oxygen atoms in total. The molecule has 1 aliphatic heterocycles. The maximum Gasteiger partial charge on any atom is 0.196 e. The van der Waals surface area contributed by atoms with Crippen LogP contribution in [0.2, 0.25) is 0 Å². The lowest BCUT2D eigenvalue weighted by Gasteiger charge is -2.23. The standard InChI is InChI=1S/C16H18NS2.HI/c1-3-12-17(2)19-15-10-6-4-8-13(15)18-14-9-5-7-11-16(14)19;/h4-11H,3,12H2,1-2H3;1H/q+1;/p-1. The van der Waals surface area contributed by atoms with Crippen LogP contribution in [0.1, 0.15) is 13.3 Å². The zero-order valence-electron chi connectivity index (χ0n) is 11.7. The van der Waals surface area contributed by atoms with Crippen molar-refractivity contribution in [2.24, 2.45) is 0 Å². The van der Waals surface area contributed by atoms with Gasteiger partial charge in [0.05, 0.1) is 9.79 Å². The number of rotatable bonds is 3. The van der Waals surface area contributed by atoms with Gasteiger partial charge in [-0.05, 0) is 30.7 Å². The minimum absolute atomic E-state index is 0. The summed E-state index contributed by atoms with van der Waals surface area (Å²) in [6, 6.07) is 17.7. The van der Waals surface area contributed by atoms with Gasteiger partial charge in [0.2, 0.25) is 0 Å². The third kappa shape index (κ3) is 3.03. The van der Waals surface area contributed by atoms with Gasteiger partial charge in [0.15, 0.2) is 20.9 Å². The predicted octanol–water partition coefficient (Wildman–Crippen LogP) is 1.45. The van der Waals surface area contributed by atoms with Crippen molar-refractivity contribution in [3.63, 3.8) is 0 Å². The van der Waals surface area contributed by atoms with Crippen LogP contribution in [-0.2, 0) is 11.1 Å². The summed E-state index contributed by atoms with van der Waals surface area (Å²) < 4.78 is 2.50. The largest absolute Gasteiger partial charge is 1.00 e. The second-order valence-corrected chi connectivity index (χ2v) is 7.79. The van der Waals surface area contributed by atoms with Crippen LogP contribution in [0.25, 0.3) is 0 Å². The molecule has 0 bridgehead atoms. The van der Waals surface area contributed by atoms with Crippen molar-refractivity contribution in [3.8, 4) is 0 Å². The lowest BCUT2D eigenvalue weighted by atomic mass is 10.3. The molecule has 0 fully saturated rings. The Bertz CT molecular complexity index is 543. The van der Waals surface area contributed by atoms with Crippen molar-refractivity contribution < 1.29 is 24.0 Å². The molecule has 20 heavy (non-hydrogen) atoms. The Morgan fingerprint density at radius 3 is 1.95 bits per heavy atom. The van der Waals surface area contributed by atoms with E-state index < -0.39 is 0 Å². The minimum atomic E-state index is 0. The first-order valence-corrected chi connectivity index (χ1v) is 8.62. The number of hydrogen-bond acceptors (Lipinski definition) is 2. The molecule has 106 valence electrons. The average Bonchev–Trinajstić information content (AvgIpc) is 2.44. The Morgan fingerprint density at radius 2 is 1.45 bits per heavy atom. The van der Waals surface area contributed by atoms with E-state index in [1.807, 2.05) is 11.8 Å². The number of benzene rings is 2. The molecular formula is C16H18INS2. The summed E-state index contributed by atoms with van der Waals surface area (Å²) in [4.78, 5) is 5.77. The number of nitrogens with zero attached hydrogens (tertiary/aromatic N) is 1. The van der Waals surface area contributed by atoms with E-state index in [-0.39, 0.29) is 35.1 Å². The van der Waals surface area contributed by atoms with Gasteiger partial charge in [-0.3, -0.25) is 0 Å². The fraction of sp³-hybridized carbons (Fsp3) is 0.250. The number of fused-ring (bicyclic) bond motifs is 2. The van der Waals surface area contributed by atoms with E-state index in [0.717, 1.165) is 6.54 Å². The molecule has 0 saturated heterocycles. The van der Waals surface area contributed by atoms with Gasteiger partial charge in [-0.1, -0.05) is 43.0 Å². The highest BCUT2D eigenvalue weighted by Crippen LogP contribution is 2.46. The first-order chi connectivity index (χ1) is 9.31. The van der Waals surface area contributed by atoms with Crippen LogP contribution in [0, 0.1) is 0 Å². The summed E-state index contributed by atoms with van der Waals surface area (Å²) in [5.41, 5.74) is 0. The predicted molar refractivity (Wildman–Crippen MR) is 83.8 cm³/mol. The average molecular weight is 415 g/mol. The second-order valence-electron chi connectivity index (χ2n) is 4.63. The third-order valence-electron chi connectivity index (χ3n) is 3.19. The van der Waals surface area contributed by atoms with Gasteiger partial charge in [0.25, 0.3) is 0 Å². The topological polar surface area (TPSA) is 3.24 Å². The molecule has 2 aromatic carbocycles. The van der Waals surface area contributed by atoms with Crippen LogP contribution in [0.5, 0.6) is 0 Å². The van der Waals surface area contributed by atoms with Crippen molar-refractivity contribution >= 4 is 22.8 Å². The minimum Gasteiger partial charge on any atom is -1.00 e. The summed E-state index contributed by atoms with van der Waals surface area (Å²) >= 11 is 1.98. The second kappa shape index (κ2) is 7.20. The maximum atomic E-state index is 2.50. The third-order valence-corrected chi connectivity index (χ3v) is 6.95. The zero-order chi connectivity index (χ0) is 13.2. The monoisotopic (exact) mass is 415 g/mol. The Balaban J connectivity index is 0.00000147. The fourth-order valence-electron chi connectivity index (χ4n) is 2.37. The van der Waals surface area contributed by atoms with Crippen LogP contribution in [0.4, 0.5) is 0 Å². The van der Waals surface area contributed by atoms with Gasteiger partial charge in [-0.2, -0.15) is 0 Å². The van der Waals surface area contributed by atoms with Crippen LogP contribution < -0.4 is 24.0 Å². The molecule has 0 aliphatic carbocycles.